The molecule has 2 N–H and O–H groups in total. The van der Waals surface area contributed by atoms with E-state index in [1.54, 1.807) is 30.3 Å². The Balaban J connectivity index is 1.18. The van der Waals surface area contributed by atoms with Gasteiger partial charge in [0.25, 0.3) is 11.8 Å². The molecule has 8 heteroatoms. The Hall–Kier alpha value is -4.85. The lowest BCUT2D eigenvalue weighted by molar-refractivity contribution is -0.116. The second-order valence-electron chi connectivity index (χ2n) is 8.72. The highest BCUT2D eigenvalue weighted by Gasteiger charge is 2.34. The predicted octanol–water partition coefficient (Wildman–Crippen LogP) is 5.21. The molecule has 0 unspecified atom stereocenters. The molecule has 8 nitrogen and oxygen atoms in total. The van der Waals surface area contributed by atoms with Crippen LogP contribution in [-0.2, 0) is 4.79 Å². The van der Waals surface area contributed by atoms with E-state index in [1.807, 2.05) is 61.5 Å². The quantitative estimate of drug-likeness (QED) is 0.328. The van der Waals surface area contributed by atoms with Crippen LogP contribution < -0.4 is 10.6 Å². The number of nitrogens with one attached hydrogen (secondary N) is 2. The Morgan fingerprint density at radius 3 is 2.22 bits per heavy atom. The van der Waals surface area contributed by atoms with Gasteiger partial charge in [0.05, 0.1) is 16.8 Å². The van der Waals surface area contributed by atoms with Crippen molar-refractivity contribution in [1.82, 2.24) is 14.9 Å². The van der Waals surface area contributed by atoms with Crippen molar-refractivity contribution in [2.75, 3.05) is 17.2 Å². The summed E-state index contributed by atoms with van der Waals surface area (Å²) in [7, 11) is 0. The van der Waals surface area contributed by atoms with Crippen LogP contribution in [0.3, 0.4) is 0 Å². The summed E-state index contributed by atoms with van der Waals surface area (Å²) in [4.78, 5) is 47.7. The molecule has 1 aliphatic heterocycles. The smallest absolute Gasteiger partial charge is 0.261 e. The van der Waals surface area contributed by atoms with Gasteiger partial charge in [0.15, 0.2) is 0 Å². The zero-order valence-corrected chi connectivity index (χ0v) is 20.3. The molecule has 1 aliphatic rings. The normalized spacial score (nSPS) is 12.4. The van der Waals surface area contributed by atoms with Gasteiger partial charge in [0.2, 0.25) is 5.91 Å². The number of hydrogen-bond donors (Lipinski definition) is 2. The maximum atomic E-state index is 12.5. The highest BCUT2D eigenvalue weighted by atomic mass is 16.2. The molecule has 1 aromatic heterocycles. The predicted molar refractivity (Wildman–Crippen MR) is 142 cm³/mol. The van der Waals surface area contributed by atoms with Gasteiger partial charge in [0.1, 0.15) is 11.6 Å². The van der Waals surface area contributed by atoms with E-state index in [-0.39, 0.29) is 30.7 Å². The largest absolute Gasteiger partial charge is 0.340 e. The summed E-state index contributed by atoms with van der Waals surface area (Å²) in [5, 5.41) is 6.16. The summed E-state index contributed by atoms with van der Waals surface area (Å²) >= 11 is 0. The highest BCUT2D eigenvalue weighted by molar-refractivity contribution is 6.21. The fraction of sp³-hybridized carbons (Fsp3) is 0.138. The van der Waals surface area contributed by atoms with E-state index in [0.717, 1.165) is 16.9 Å². The van der Waals surface area contributed by atoms with E-state index in [4.69, 9.17) is 0 Å². The first-order chi connectivity index (χ1) is 18.0. The molecule has 3 amide bonds. The third-order valence-electron chi connectivity index (χ3n) is 5.99. The Labute approximate surface area is 214 Å². The molecule has 184 valence electrons. The third-order valence-corrected chi connectivity index (χ3v) is 5.99. The van der Waals surface area contributed by atoms with Crippen LogP contribution >= 0.6 is 0 Å². The average Bonchev–Trinajstić information content (AvgIpc) is 3.14. The summed E-state index contributed by atoms with van der Waals surface area (Å²) < 4.78 is 0. The van der Waals surface area contributed by atoms with Gasteiger partial charge in [-0.25, -0.2) is 9.97 Å². The molecule has 3 aromatic carbocycles. The zero-order valence-electron chi connectivity index (χ0n) is 20.3. The number of carbonyl (C=O) groups excluding carboxylic acids is 3. The van der Waals surface area contributed by atoms with Crippen molar-refractivity contribution >= 4 is 34.9 Å². The maximum Gasteiger partial charge on any atom is 0.261 e. The number of nitrogens with zero attached hydrogens (tertiary/aromatic N) is 3. The van der Waals surface area contributed by atoms with Crippen LogP contribution in [0.15, 0.2) is 84.9 Å². The number of anilines is 3. The van der Waals surface area contributed by atoms with Gasteiger partial charge in [-0.1, -0.05) is 48.5 Å². The van der Waals surface area contributed by atoms with E-state index in [9.17, 15) is 14.4 Å². The van der Waals surface area contributed by atoms with Crippen molar-refractivity contribution in [2.24, 2.45) is 0 Å². The summed E-state index contributed by atoms with van der Waals surface area (Å²) in [6, 6.07) is 25.9. The van der Waals surface area contributed by atoms with Crippen LogP contribution in [0.2, 0.25) is 0 Å². The van der Waals surface area contributed by atoms with Crippen molar-refractivity contribution in [3.8, 4) is 11.3 Å². The SMILES string of the molecule is Cc1nc(Nc2cccc(NC(=O)CCCN3C(=O)c4ccccc4C3=O)c2)cc(-c2ccccc2)n1. The fourth-order valence-corrected chi connectivity index (χ4v) is 4.27. The number of carbonyl (C=O) groups is 3. The molecule has 37 heavy (non-hydrogen) atoms. The Kier molecular flexibility index (Phi) is 6.72. The highest BCUT2D eigenvalue weighted by Crippen LogP contribution is 2.25. The molecule has 0 aliphatic carbocycles. The number of benzene rings is 3. The van der Waals surface area contributed by atoms with E-state index < -0.39 is 0 Å². The van der Waals surface area contributed by atoms with Crippen LogP contribution in [0.5, 0.6) is 0 Å². The number of rotatable bonds is 8. The van der Waals surface area contributed by atoms with Crippen molar-refractivity contribution in [1.29, 1.82) is 0 Å². The number of amides is 3. The van der Waals surface area contributed by atoms with E-state index in [1.165, 1.54) is 4.90 Å². The van der Waals surface area contributed by atoms with E-state index >= 15 is 0 Å². The topological polar surface area (TPSA) is 104 Å². The second kappa shape index (κ2) is 10.4. The van der Waals surface area contributed by atoms with Crippen LogP contribution in [0.4, 0.5) is 17.2 Å². The first-order valence-corrected chi connectivity index (χ1v) is 12.0. The van der Waals surface area contributed by atoms with Gasteiger partial charge >= 0.3 is 0 Å². The van der Waals surface area contributed by atoms with Crippen molar-refractivity contribution < 1.29 is 14.4 Å². The number of aromatic nitrogens is 2. The van der Waals surface area contributed by atoms with Gasteiger partial charge in [-0.15, -0.1) is 0 Å². The number of hydrogen-bond acceptors (Lipinski definition) is 6. The van der Waals surface area contributed by atoms with Crippen molar-refractivity contribution in [3.63, 3.8) is 0 Å². The molecule has 4 aromatic rings. The first kappa shape index (κ1) is 23.9. The summed E-state index contributed by atoms with van der Waals surface area (Å²) in [5.41, 5.74) is 4.04. The lowest BCUT2D eigenvalue weighted by atomic mass is 10.1. The lowest BCUT2D eigenvalue weighted by Gasteiger charge is -2.14. The number of imide groups is 1. The van der Waals surface area contributed by atoms with Crippen LogP contribution in [-0.4, -0.2) is 39.1 Å². The molecular weight excluding hydrogens is 466 g/mol. The van der Waals surface area contributed by atoms with Crippen LogP contribution in [0.1, 0.15) is 39.4 Å². The zero-order chi connectivity index (χ0) is 25.8. The third kappa shape index (κ3) is 5.38. The van der Waals surface area contributed by atoms with Gasteiger partial charge in [0, 0.05) is 36.0 Å². The molecule has 0 saturated carbocycles. The summed E-state index contributed by atoms with van der Waals surface area (Å²) in [5.74, 6) is 0.477. The van der Waals surface area contributed by atoms with E-state index in [2.05, 4.69) is 20.6 Å². The number of aryl methyl sites for hydroxylation is 1. The van der Waals surface area contributed by atoms with Crippen molar-refractivity contribution in [3.05, 3.63) is 102 Å². The Morgan fingerprint density at radius 1 is 0.811 bits per heavy atom. The fourth-order valence-electron chi connectivity index (χ4n) is 4.27. The Morgan fingerprint density at radius 2 is 1.49 bits per heavy atom. The average molecular weight is 492 g/mol. The minimum absolute atomic E-state index is 0.177. The molecule has 0 spiro atoms. The van der Waals surface area contributed by atoms with Crippen molar-refractivity contribution in [2.45, 2.75) is 19.8 Å². The summed E-state index contributed by atoms with van der Waals surface area (Å²) in [6.07, 6.45) is 0.550. The minimum atomic E-state index is -0.310. The molecule has 0 atom stereocenters. The molecule has 0 bridgehead atoms. The van der Waals surface area contributed by atoms with Gasteiger partial charge in [-0.3, -0.25) is 19.3 Å². The molecule has 0 radical (unpaired) electrons. The van der Waals surface area contributed by atoms with Gasteiger partial charge in [-0.05, 0) is 43.7 Å². The molecule has 0 saturated heterocycles. The molecular formula is C29H25N5O3. The summed E-state index contributed by atoms with van der Waals surface area (Å²) in [6.45, 7) is 2.04. The first-order valence-electron chi connectivity index (χ1n) is 12.0. The number of fused-ring (bicyclic) bond motifs is 1. The lowest BCUT2D eigenvalue weighted by Crippen LogP contribution is -2.31. The minimum Gasteiger partial charge on any atom is -0.340 e. The molecule has 5 rings (SSSR count). The van der Waals surface area contributed by atoms with Crippen LogP contribution in [0, 0.1) is 6.92 Å². The standard InChI is InChI=1S/C29H25N5O3/c1-19-30-25(20-9-3-2-4-10-20)18-26(31-19)32-21-11-7-12-22(17-21)33-27(35)15-8-16-34-28(36)23-13-5-6-14-24(23)29(34)37/h2-7,9-14,17-18H,8,15-16H2,1H3,(H,33,35)(H,30,31,32). The monoisotopic (exact) mass is 491 g/mol. The van der Waals surface area contributed by atoms with E-state index in [0.29, 0.717) is 34.9 Å². The van der Waals surface area contributed by atoms with Gasteiger partial charge in [-0.2, -0.15) is 0 Å². The van der Waals surface area contributed by atoms with Crippen LogP contribution in [0.25, 0.3) is 11.3 Å². The maximum absolute atomic E-state index is 12.5. The Bertz CT molecular complexity index is 1450. The second-order valence-corrected chi connectivity index (χ2v) is 8.72. The molecule has 2 heterocycles. The molecule has 0 fully saturated rings. The van der Waals surface area contributed by atoms with Gasteiger partial charge < -0.3 is 10.6 Å².